The summed E-state index contributed by atoms with van der Waals surface area (Å²) in [6, 6.07) is 9.21. The molecule has 2 rings (SSSR count). The maximum atomic E-state index is 5.63. The van der Waals surface area contributed by atoms with E-state index >= 15 is 0 Å². The number of hydrogen-bond acceptors (Lipinski definition) is 2. The first-order chi connectivity index (χ1) is 7.29. The summed E-state index contributed by atoms with van der Waals surface area (Å²) in [5.74, 6) is 0. The highest BCUT2D eigenvalue weighted by atomic mass is 35.5. The first kappa shape index (κ1) is 10.8. The Morgan fingerprint density at radius 1 is 1.20 bits per heavy atom. The van der Waals surface area contributed by atoms with Gasteiger partial charge in [0.25, 0.3) is 0 Å². The van der Waals surface area contributed by atoms with Crippen molar-refractivity contribution < 1.29 is 0 Å². The van der Waals surface area contributed by atoms with E-state index in [0.717, 1.165) is 25.9 Å². The van der Waals surface area contributed by atoms with E-state index in [1.807, 2.05) is 0 Å². The molecule has 15 heavy (non-hydrogen) atoms. The normalized spacial score (nSPS) is 18.1. The highest BCUT2D eigenvalue weighted by molar-refractivity contribution is 6.32. The molecule has 0 spiro atoms. The standard InChI is InChI=1S/C11H16BClN2/c12-9-1-3-11(4-2-9)15-7-5-10(14-13)6-8-15/h1-4,10,14H,5-8,12H2. The second-order valence-electron chi connectivity index (χ2n) is 4.21. The lowest BCUT2D eigenvalue weighted by molar-refractivity contribution is 0.475. The monoisotopic (exact) mass is 222 g/mol. The van der Waals surface area contributed by atoms with Crippen molar-refractivity contribution in [1.82, 2.24) is 4.84 Å². The van der Waals surface area contributed by atoms with Crippen molar-refractivity contribution >= 4 is 30.8 Å². The molecule has 1 fully saturated rings. The van der Waals surface area contributed by atoms with Crippen molar-refractivity contribution in [2.45, 2.75) is 18.9 Å². The lowest BCUT2D eigenvalue weighted by atomic mass is 9.96. The van der Waals surface area contributed by atoms with Crippen LogP contribution in [-0.2, 0) is 0 Å². The Kier molecular flexibility index (Phi) is 3.55. The Hall–Kier alpha value is -0.665. The van der Waals surface area contributed by atoms with Crippen LogP contribution in [-0.4, -0.2) is 27.0 Å². The van der Waals surface area contributed by atoms with Crippen molar-refractivity contribution in [3.63, 3.8) is 0 Å². The van der Waals surface area contributed by atoms with Crippen molar-refractivity contribution in [2.24, 2.45) is 0 Å². The predicted octanol–water partition coefficient (Wildman–Crippen LogP) is 0.657. The number of nitrogens with zero attached hydrogens (tertiary/aromatic N) is 1. The van der Waals surface area contributed by atoms with E-state index < -0.39 is 0 Å². The maximum Gasteiger partial charge on any atom is 0.139 e. The van der Waals surface area contributed by atoms with E-state index in [0.29, 0.717) is 6.04 Å². The number of piperidine rings is 1. The van der Waals surface area contributed by atoms with E-state index in [-0.39, 0.29) is 0 Å². The van der Waals surface area contributed by atoms with Gasteiger partial charge in [0, 0.05) is 24.8 Å². The molecule has 0 amide bonds. The van der Waals surface area contributed by atoms with Crippen LogP contribution in [0.4, 0.5) is 5.69 Å². The van der Waals surface area contributed by atoms with Crippen LogP contribution in [0.1, 0.15) is 12.8 Å². The van der Waals surface area contributed by atoms with E-state index in [2.05, 4.69) is 41.8 Å². The molecule has 1 heterocycles. The van der Waals surface area contributed by atoms with Crippen LogP contribution < -0.4 is 15.2 Å². The molecule has 0 saturated carbocycles. The maximum absolute atomic E-state index is 5.63. The molecular weight excluding hydrogens is 206 g/mol. The van der Waals surface area contributed by atoms with Gasteiger partial charge in [-0.25, -0.2) is 4.84 Å². The molecule has 1 aromatic carbocycles. The van der Waals surface area contributed by atoms with Crippen molar-refractivity contribution in [2.75, 3.05) is 18.0 Å². The van der Waals surface area contributed by atoms with Gasteiger partial charge >= 0.3 is 0 Å². The Bertz CT molecular complexity index is 307. The fourth-order valence-electron chi connectivity index (χ4n) is 2.00. The fourth-order valence-corrected chi connectivity index (χ4v) is 2.22. The molecule has 1 N–H and O–H groups in total. The summed E-state index contributed by atoms with van der Waals surface area (Å²) in [6.45, 7) is 2.18. The van der Waals surface area contributed by atoms with Gasteiger partial charge in [0.05, 0.1) is 0 Å². The number of halogens is 1. The molecule has 2 nitrogen and oxygen atoms in total. The first-order valence-electron chi connectivity index (χ1n) is 5.47. The minimum atomic E-state index is 0.480. The highest BCUT2D eigenvalue weighted by Crippen LogP contribution is 2.18. The third-order valence-electron chi connectivity index (χ3n) is 3.05. The molecule has 4 heteroatoms. The third-order valence-corrected chi connectivity index (χ3v) is 3.36. The molecule has 80 valence electrons. The summed E-state index contributed by atoms with van der Waals surface area (Å²) >= 11 is 5.63. The summed E-state index contributed by atoms with van der Waals surface area (Å²) < 4.78 is 0. The Morgan fingerprint density at radius 2 is 1.80 bits per heavy atom. The van der Waals surface area contributed by atoms with Crippen LogP contribution in [0.2, 0.25) is 0 Å². The van der Waals surface area contributed by atoms with Gasteiger partial charge in [-0.3, -0.25) is 0 Å². The molecule has 0 aliphatic carbocycles. The smallest absolute Gasteiger partial charge is 0.139 e. The number of anilines is 1. The average Bonchev–Trinajstić information content (AvgIpc) is 2.30. The SMILES string of the molecule is Bc1ccc(N2CCC(NCl)CC2)cc1. The quantitative estimate of drug-likeness (QED) is 0.584. The zero-order valence-electron chi connectivity index (χ0n) is 9.04. The summed E-state index contributed by atoms with van der Waals surface area (Å²) in [7, 11) is 2.12. The molecule has 1 aliphatic rings. The van der Waals surface area contributed by atoms with E-state index in [9.17, 15) is 0 Å². The van der Waals surface area contributed by atoms with E-state index in [1.54, 1.807) is 0 Å². The van der Waals surface area contributed by atoms with Gasteiger partial charge in [-0.15, -0.1) is 0 Å². The number of nitrogens with one attached hydrogen (secondary N) is 1. The van der Waals surface area contributed by atoms with Crippen LogP contribution in [0.5, 0.6) is 0 Å². The number of rotatable bonds is 2. The molecule has 1 aromatic rings. The molecule has 0 aromatic heterocycles. The topological polar surface area (TPSA) is 15.3 Å². The Morgan fingerprint density at radius 3 is 2.33 bits per heavy atom. The van der Waals surface area contributed by atoms with Gasteiger partial charge in [-0.1, -0.05) is 17.6 Å². The van der Waals surface area contributed by atoms with Crippen molar-refractivity contribution in [1.29, 1.82) is 0 Å². The van der Waals surface area contributed by atoms with Gasteiger partial charge in [-0.2, -0.15) is 0 Å². The van der Waals surface area contributed by atoms with Crippen LogP contribution in [0.3, 0.4) is 0 Å². The average molecular weight is 223 g/mol. The van der Waals surface area contributed by atoms with Crippen LogP contribution in [0.15, 0.2) is 24.3 Å². The second kappa shape index (κ2) is 4.91. The highest BCUT2D eigenvalue weighted by Gasteiger charge is 2.18. The predicted molar refractivity (Wildman–Crippen MR) is 68.8 cm³/mol. The Labute approximate surface area is 97.1 Å². The van der Waals surface area contributed by atoms with Gasteiger partial charge < -0.3 is 4.90 Å². The van der Waals surface area contributed by atoms with Crippen LogP contribution in [0.25, 0.3) is 0 Å². The fraction of sp³-hybridized carbons (Fsp3) is 0.455. The Balaban J connectivity index is 1.98. The van der Waals surface area contributed by atoms with E-state index in [1.165, 1.54) is 11.2 Å². The lowest BCUT2D eigenvalue weighted by Crippen LogP contribution is -2.39. The third kappa shape index (κ3) is 2.67. The molecule has 0 bridgehead atoms. The lowest BCUT2D eigenvalue weighted by Gasteiger charge is -2.32. The summed E-state index contributed by atoms with van der Waals surface area (Å²) in [4.78, 5) is 5.25. The van der Waals surface area contributed by atoms with Crippen LogP contribution in [0, 0.1) is 0 Å². The molecule has 0 radical (unpaired) electrons. The molecule has 0 atom stereocenters. The molecule has 1 aliphatic heterocycles. The first-order valence-corrected chi connectivity index (χ1v) is 5.85. The van der Waals surface area contributed by atoms with Gasteiger partial charge in [0.2, 0.25) is 0 Å². The largest absolute Gasteiger partial charge is 0.371 e. The van der Waals surface area contributed by atoms with Crippen molar-refractivity contribution in [3.8, 4) is 0 Å². The number of benzene rings is 1. The van der Waals surface area contributed by atoms with Gasteiger partial charge in [0.15, 0.2) is 0 Å². The summed E-state index contributed by atoms with van der Waals surface area (Å²) in [5.41, 5.74) is 2.64. The summed E-state index contributed by atoms with van der Waals surface area (Å²) in [6.07, 6.45) is 2.24. The minimum Gasteiger partial charge on any atom is -0.371 e. The summed E-state index contributed by atoms with van der Waals surface area (Å²) in [5, 5.41) is 0. The number of hydrogen-bond donors (Lipinski definition) is 1. The molecular formula is C11H16BClN2. The molecule has 0 unspecified atom stereocenters. The van der Waals surface area contributed by atoms with E-state index in [4.69, 9.17) is 11.8 Å². The zero-order chi connectivity index (χ0) is 10.7. The minimum absolute atomic E-state index is 0.480. The van der Waals surface area contributed by atoms with Crippen molar-refractivity contribution in [3.05, 3.63) is 24.3 Å². The van der Waals surface area contributed by atoms with Gasteiger partial charge in [0.1, 0.15) is 7.85 Å². The zero-order valence-corrected chi connectivity index (χ0v) is 9.80. The second-order valence-corrected chi connectivity index (χ2v) is 4.42. The molecule has 1 saturated heterocycles. The van der Waals surface area contributed by atoms with Crippen LogP contribution >= 0.6 is 11.8 Å². The van der Waals surface area contributed by atoms with Gasteiger partial charge in [-0.05, 0) is 36.8 Å².